The average Bonchev–Trinajstić information content (AvgIpc) is 3.29. The molecular formula is C23H21N5O3. The highest BCUT2D eigenvalue weighted by molar-refractivity contribution is 6.08. The molecule has 4 aromatic rings. The molecule has 2 aromatic heterocycles. The van der Waals surface area contributed by atoms with Crippen LogP contribution in [0.5, 0.6) is 0 Å². The van der Waals surface area contributed by atoms with Gasteiger partial charge >= 0.3 is 6.09 Å². The van der Waals surface area contributed by atoms with E-state index >= 15 is 0 Å². The van der Waals surface area contributed by atoms with Gasteiger partial charge in [0.2, 0.25) is 0 Å². The van der Waals surface area contributed by atoms with Crippen molar-refractivity contribution in [1.82, 2.24) is 20.5 Å². The van der Waals surface area contributed by atoms with Gasteiger partial charge in [-0.15, -0.1) is 0 Å². The van der Waals surface area contributed by atoms with Crippen LogP contribution >= 0.6 is 0 Å². The van der Waals surface area contributed by atoms with Crippen LogP contribution in [0.2, 0.25) is 0 Å². The molecule has 31 heavy (non-hydrogen) atoms. The zero-order valence-corrected chi connectivity index (χ0v) is 16.7. The van der Waals surface area contributed by atoms with Crippen LogP contribution in [-0.4, -0.2) is 33.7 Å². The van der Waals surface area contributed by atoms with Crippen LogP contribution < -0.4 is 10.6 Å². The Morgan fingerprint density at radius 2 is 1.77 bits per heavy atom. The predicted molar refractivity (Wildman–Crippen MR) is 117 cm³/mol. The lowest BCUT2D eigenvalue weighted by Crippen LogP contribution is -2.26. The van der Waals surface area contributed by atoms with Crippen molar-refractivity contribution in [2.45, 2.75) is 13.0 Å². The van der Waals surface area contributed by atoms with Crippen molar-refractivity contribution in [2.75, 3.05) is 11.9 Å². The lowest BCUT2D eigenvalue weighted by atomic mass is 10.1. The van der Waals surface area contributed by atoms with Gasteiger partial charge in [-0.25, -0.2) is 9.78 Å². The summed E-state index contributed by atoms with van der Waals surface area (Å²) in [6, 6.07) is 18.5. The smallest absolute Gasteiger partial charge is 0.407 e. The predicted octanol–water partition coefficient (Wildman–Crippen LogP) is 3.68. The van der Waals surface area contributed by atoms with Gasteiger partial charge in [0.05, 0.1) is 17.3 Å². The molecule has 3 N–H and O–H groups in total. The van der Waals surface area contributed by atoms with E-state index in [1.807, 2.05) is 42.5 Å². The SMILES string of the molecule is O=C(NCCc1ccc(C(=O)Nc2ccnc3[nH]ncc23)cc1)OCc1ccccc1. The third kappa shape index (κ3) is 5.24. The maximum Gasteiger partial charge on any atom is 0.407 e. The summed E-state index contributed by atoms with van der Waals surface area (Å²) in [5.41, 5.74) is 3.73. The molecule has 0 aliphatic rings. The van der Waals surface area contributed by atoms with E-state index < -0.39 is 6.09 Å². The van der Waals surface area contributed by atoms with E-state index in [4.69, 9.17) is 4.74 Å². The highest BCUT2D eigenvalue weighted by Crippen LogP contribution is 2.20. The summed E-state index contributed by atoms with van der Waals surface area (Å²) in [7, 11) is 0. The minimum atomic E-state index is -0.456. The number of anilines is 1. The molecule has 0 aliphatic heterocycles. The lowest BCUT2D eigenvalue weighted by Gasteiger charge is -2.08. The number of benzene rings is 2. The summed E-state index contributed by atoms with van der Waals surface area (Å²) in [5.74, 6) is -0.220. The van der Waals surface area contributed by atoms with Crippen LogP contribution in [0.3, 0.4) is 0 Å². The number of alkyl carbamates (subject to hydrolysis) is 1. The number of carbonyl (C=O) groups excluding carboxylic acids is 2. The van der Waals surface area contributed by atoms with Crippen LogP contribution in [0, 0.1) is 0 Å². The Bertz CT molecular complexity index is 1170. The first-order chi connectivity index (χ1) is 15.2. The minimum Gasteiger partial charge on any atom is -0.445 e. The second kappa shape index (κ2) is 9.53. The number of nitrogens with one attached hydrogen (secondary N) is 3. The number of H-pyrrole nitrogens is 1. The van der Waals surface area contributed by atoms with Gasteiger partial charge in [0.1, 0.15) is 6.61 Å². The Morgan fingerprint density at radius 1 is 0.968 bits per heavy atom. The molecule has 0 atom stereocenters. The van der Waals surface area contributed by atoms with E-state index in [2.05, 4.69) is 25.8 Å². The normalized spacial score (nSPS) is 10.6. The Morgan fingerprint density at radius 3 is 2.58 bits per heavy atom. The van der Waals surface area contributed by atoms with Gasteiger partial charge in [0, 0.05) is 18.3 Å². The van der Waals surface area contributed by atoms with Gasteiger partial charge in [-0.3, -0.25) is 9.89 Å². The number of carbonyl (C=O) groups is 2. The van der Waals surface area contributed by atoms with Crippen molar-refractivity contribution in [3.63, 3.8) is 0 Å². The monoisotopic (exact) mass is 415 g/mol. The molecule has 0 unspecified atom stereocenters. The minimum absolute atomic E-state index is 0.220. The Hall–Kier alpha value is -4.20. The third-order valence-electron chi connectivity index (χ3n) is 4.71. The Labute approximate surface area is 178 Å². The first-order valence-electron chi connectivity index (χ1n) is 9.82. The zero-order chi connectivity index (χ0) is 21.5. The van der Waals surface area contributed by atoms with Crippen molar-refractivity contribution in [3.8, 4) is 0 Å². The number of aromatic amines is 1. The summed E-state index contributed by atoms with van der Waals surface area (Å²) in [6.45, 7) is 0.674. The number of nitrogens with zero attached hydrogens (tertiary/aromatic N) is 2. The van der Waals surface area contributed by atoms with Gasteiger partial charge in [-0.1, -0.05) is 42.5 Å². The topological polar surface area (TPSA) is 109 Å². The van der Waals surface area contributed by atoms with Crippen molar-refractivity contribution in [3.05, 3.63) is 89.7 Å². The molecule has 0 aliphatic carbocycles. The molecule has 0 saturated heterocycles. The van der Waals surface area contributed by atoms with Crippen molar-refractivity contribution >= 4 is 28.7 Å². The van der Waals surface area contributed by atoms with E-state index in [0.29, 0.717) is 29.9 Å². The van der Waals surface area contributed by atoms with Gasteiger partial charge in [0.25, 0.3) is 5.91 Å². The molecule has 0 bridgehead atoms. The van der Waals surface area contributed by atoms with E-state index in [0.717, 1.165) is 16.5 Å². The number of aromatic nitrogens is 3. The molecule has 8 nitrogen and oxygen atoms in total. The van der Waals surface area contributed by atoms with Crippen LogP contribution in [-0.2, 0) is 17.8 Å². The quantitative estimate of drug-likeness (QED) is 0.427. The molecule has 0 spiro atoms. The van der Waals surface area contributed by atoms with E-state index in [1.54, 1.807) is 30.6 Å². The standard InChI is InChI=1S/C23H21N5O3/c29-22(27-20-11-13-24-21-19(20)14-26-28-21)18-8-6-16(7-9-18)10-12-25-23(30)31-15-17-4-2-1-3-5-17/h1-9,11,13-14H,10,12,15H2,(H,25,30)(H2,24,26,27,28,29). The summed E-state index contributed by atoms with van der Waals surface area (Å²) in [4.78, 5) is 28.5. The number of pyridine rings is 1. The van der Waals surface area contributed by atoms with Crippen molar-refractivity contribution in [1.29, 1.82) is 0 Å². The summed E-state index contributed by atoms with van der Waals surface area (Å²) in [5, 5.41) is 13.1. The number of hydrogen-bond acceptors (Lipinski definition) is 5. The maximum absolute atomic E-state index is 12.5. The fraction of sp³-hybridized carbons (Fsp3) is 0.130. The van der Waals surface area contributed by atoms with Crippen LogP contribution in [0.15, 0.2) is 73.1 Å². The summed E-state index contributed by atoms with van der Waals surface area (Å²) in [6.07, 6.45) is 3.40. The lowest BCUT2D eigenvalue weighted by molar-refractivity contribution is 0.102. The Balaban J connectivity index is 1.25. The molecule has 2 amide bonds. The largest absolute Gasteiger partial charge is 0.445 e. The molecule has 0 fully saturated rings. The van der Waals surface area contributed by atoms with Crippen molar-refractivity contribution in [2.24, 2.45) is 0 Å². The Kier molecular flexibility index (Phi) is 6.18. The maximum atomic E-state index is 12.5. The van der Waals surface area contributed by atoms with Crippen LogP contribution in [0.25, 0.3) is 11.0 Å². The first kappa shape index (κ1) is 20.1. The fourth-order valence-corrected chi connectivity index (χ4v) is 3.06. The van der Waals surface area contributed by atoms with Gasteiger partial charge < -0.3 is 15.4 Å². The number of fused-ring (bicyclic) bond motifs is 1. The average molecular weight is 415 g/mol. The molecule has 0 radical (unpaired) electrons. The van der Waals surface area contributed by atoms with Crippen LogP contribution in [0.4, 0.5) is 10.5 Å². The highest BCUT2D eigenvalue weighted by Gasteiger charge is 2.10. The van der Waals surface area contributed by atoms with E-state index in [-0.39, 0.29) is 12.5 Å². The number of rotatable bonds is 7. The molecular weight excluding hydrogens is 394 g/mol. The van der Waals surface area contributed by atoms with E-state index in [1.165, 1.54) is 0 Å². The highest BCUT2D eigenvalue weighted by atomic mass is 16.5. The van der Waals surface area contributed by atoms with Gasteiger partial charge in [-0.2, -0.15) is 5.10 Å². The van der Waals surface area contributed by atoms with E-state index in [9.17, 15) is 9.59 Å². The number of hydrogen-bond donors (Lipinski definition) is 3. The van der Waals surface area contributed by atoms with Crippen molar-refractivity contribution < 1.29 is 14.3 Å². The zero-order valence-electron chi connectivity index (χ0n) is 16.7. The molecule has 8 heteroatoms. The van der Waals surface area contributed by atoms with Gasteiger partial charge in [0.15, 0.2) is 5.65 Å². The molecule has 2 aromatic carbocycles. The molecule has 156 valence electrons. The van der Waals surface area contributed by atoms with Gasteiger partial charge in [-0.05, 0) is 35.7 Å². The second-order valence-electron chi connectivity index (χ2n) is 6.88. The summed E-state index contributed by atoms with van der Waals surface area (Å²) >= 11 is 0. The molecule has 2 heterocycles. The first-order valence-corrected chi connectivity index (χ1v) is 9.82. The third-order valence-corrected chi connectivity index (χ3v) is 4.71. The fourth-order valence-electron chi connectivity index (χ4n) is 3.06. The second-order valence-corrected chi connectivity index (χ2v) is 6.88. The molecule has 4 rings (SSSR count). The van der Waals surface area contributed by atoms with Crippen LogP contribution in [0.1, 0.15) is 21.5 Å². The summed E-state index contributed by atoms with van der Waals surface area (Å²) < 4.78 is 5.18. The molecule has 0 saturated carbocycles. The number of amides is 2. The number of ether oxygens (including phenoxy) is 1.